The molecule has 0 bridgehead atoms. The van der Waals surface area contributed by atoms with Crippen LogP contribution in [0.25, 0.3) is 0 Å². The van der Waals surface area contributed by atoms with Crippen molar-refractivity contribution in [1.82, 2.24) is 9.62 Å². The third-order valence-electron chi connectivity index (χ3n) is 4.20. The van der Waals surface area contributed by atoms with Gasteiger partial charge in [0.2, 0.25) is 10.0 Å². The number of benzene rings is 1. The van der Waals surface area contributed by atoms with E-state index in [-0.39, 0.29) is 12.0 Å². The van der Waals surface area contributed by atoms with Gasteiger partial charge in [-0.2, -0.15) is 0 Å². The SMILES string of the molecule is CCOC(=O)[C@H](CC)N1CCc2c(cccc2S(=O)(=O)NC)C1. The fraction of sp³-hybridized carbons (Fsp3) is 0.562. The van der Waals surface area contributed by atoms with Crippen molar-refractivity contribution < 1.29 is 17.9 Å². The van der Waals surface area contributed by atoms with Gasteiger partial charge in [0.15, 0.2) is 0 Å². The van der Waals surface area contributed by atoms with Crippen LogP contribution in [0.15, 0.2) is 23.1 Å². The van der Waals surface area contributed by atoms with Gasteiger partial charge in [-0.15, -0.1) is 0 Å². The van der Waals surface area contributed by atoms with E-state index in [0.29, 0.717) is 37.4 Å². The number of carbonyl (C=O) groups excluding carboxylic acids is 1. The molecule has 0 aromatic heterocycles. The summed E-state index contributed by atoms with van der Waals surface area (Å²) in [6.45, 7) is 5.31. The highest BCUT2D eigenvalue weighted by atomic mass is 32.2. The van der Waals surface area contributed by atoms with Crippen LogP contribution in [0.2, 0.25) is 0 Å². The average Bonchev–Trinajstić information content (AvgIpc) is 2.55. The van der Waals surface area contributed by atoms with Crippen LogP contribution >= 0.6 is 0 Å². The Morgan fingerprint density at radius 1 is 1.39 bits per heavy atom. The first kappa shape index (κ1) is 17.9. The van der Waals surface area contributed by atoms with E-state index in [1.54, 1.807) is 19.1 Å². The molecule has 0 aliphatic carbocycles. The second kappa shape index (κ2) is 7.42. The number of nitrogens with zero attached hydrogens (tertiary/aromatic N) is 1. The first-order valence-corrected chi connectivity index (χ1v) is 9.37. The van der Waals surface area contributed by atoms with Crippen LogP contribution in [-0.2, 0) is 32.5 Å². The lowest BCUT2D eigenvalue weighted by molar-refractivity contribution is -0.150. The number of hydrogen-bond donors (Lipinski definition) is 1. The fourth-order valence-electron chi connectivity index (χ4n) is 3.04. The third kappa shape index (κ3) is 3.73. The smallest absolute Gasteiger partial charge is 0.323 e. The number of rotatable bonds is 6. The van der Waals surface area contributed by atoms with E-state index in [2.05, 4.69) is 9.62 Å². The van der Waals surface area contributed by atoms with E-state index >= 15 is 0 Å². The van der Waals surface area contributed by atoms with E-state index in [0.717, 1.165) is 11.1 Å². The zero-order valence-corrected chi connectivity index (χ0v) is 14.6. The molecule has 2 rings (SSSR count). The molecule has 0 amide bonds. The Morgan fingerprint density at radius 2 is 2.13 bits per heavy atom. The molecule has 0 fully saturated rings. The second-order valence-electron chi connectivity index (χ2n) is 5.50. The summed E-state index contributed by atoms with van der Waals surface area (Å²) in [4.78, 5) is 14.5. The molecular formula is C16H24N2O4S. The van der Waals surface area contributed by atoms with Crippen molar-refractivity contribution in [3.05, 3.63) is 29.3 Å². The Balaban J connectivity index is 2.28. The topological polar surface area (TPSA) is 75.7 Å². The molecule has 1 heterocycles. The van der Waals surface area contributed by atoms with E-state index in [9.17, 15) is 13.2 Å². The summed E-state index contributed by atoms with van der Waals surface area (Å²) < 4.78 is 31.8. The van der Waals surface area contributed by atoms with Crippen molar-refractivity contribution in [3.8, 4) is 0 Å². The Hall–Kier alpha value is -1.44. The van der Waals surface area contributed by atoms with Gasteiger partial charge in [-0.3, -0.25) is 9.69 Å². The molecule has 0 spiro atoms. The summed E-state index contributed by atoms with van der Waals surface area (Å²) in [7, 11) is -2.05. The van der Waals surface area contributed by atoms with Crippen molar-refractivity contribution in [2.24, 2.45) is 0 Å². The number of ether oxygens (including phenoxy) is 1. The van der Waals surface area contributed by atoms with E-state index in [4.69, 9.17) is 4.74 Å². The van der Waals surface area contributed by atoms with Crippen LogP contribution in [0, 0.1) is 0 Å². The summed E-state index contributed by atoms with van der Waals surface area (Å²) in [5, 5.41) is 0. The largest absolute Gasteiger partial charge is 0.465 e. The predicted octanol–water partition coefficient (Wildman–Crippen LogP) is 1.29. The molecule has 0 saturated carbocycles. The van der Waals surface area contributed by atoms with Crippen LogP contribution in [0.3, 0.4) is 0 Å². The van der Waals surface area contributed by atoms with Gasteiger partial charge in [-0.1, -0.05) is 19.1 Å². The van der Waals surface area contributed by atoms with Crippen molar-refractivity contribution in [3.63, 3.8) is 0 Å². The van der Waals surface area contributed by atoms with Crippen molar-refractivity contribution >= 4 is 16.0 Å². The minimum atomic E-state index is -3.47. The summed E-state index contributed by atoms with van der Waals surface area (Å²) in [6.07, 6.45) is 1.27. The maximum absolute atomic E-state index is 12.1. The molecule has 7 heteroatoms. The van der Waals surface area contributed by atoms with Gasteiger partial charge in [-0.25, -0.2) is 13.1 Å². The molecule has 1 aliphatic rings. The van der Waals surface area contributed by atoms with Crippen molar-refractivity contribution in [2.45, 2.75) is 44.2 Å². The number of hydrogen-bond acceptors (Lipinski definition) is 5. The number of fused-ring (bicyclic) bond motifs is 1. The van der Waals surface area contributed by atoms with Crippen molar-refractivity contribution in [2.75, 3.05) is 20.2 Å². The van der Waals surface area contributed by atoms with Crippen LogP contribution in [0.5, 0.6) is 0 Å². The fourth-order valence-corrected chi connectivity index (χ4v) is 4.07. The molecule has 128 valence electrons. The highest BCUT2D eigenvalue weighted by Crippen LogP contribution is 2.27. The van der Waals surface area contributed by atoms with Crippen molar-refractivity contribution in [1.29, 1.82) is 0 Å². The number of carbonyl (C=O) groups is 1. The molecule has 0 radical (unpaired) electrons. The lowest BCUT2D eigenvalue weighted by Crippen LogP contribution is -2.44. The molecular weight excluding hydrogens is 316 g/mol. The molecule has 0 saturated heterocycles. The number of sulfonamides is 1. The number of nitrogens with one attached hydrogen (secondary N) is 1. The van der Waals surface area contributed by atoms with Gasteiger partial charge >= 0.3 is 5.97 Å². The van der Waals surface area contributed by atoms with Gasteiger partial charge in [0.05, 0.1) is 11.5 Å². The second-order valence-corrected chi connectivity index (χ2v) is 7.35. The van der Waals surface area contributed by atoms with E-state index in [1.807, 2.05) is 13.0 Å². The zero-order chi connectivity index (χ0) is 17.0. The minimum absolute atomic E-state index is 0.211. The number of esters is 1. The zero-order valence-electron chi connectivity index (χ0n) is 13.8. The normalized spacial score (nSPS) is 16.7. The van der Waals surface area contributed by atoms with E-state index < -0.39 is 10.0 Å². The van der Waals surface area contributed by atoms with Gasteiger partial charge < -0.3 is 4.74 Å². The summed E-state index contributed by atoms with van der Waals surface area (Å²) in [6, 6.07) is 5.02. The molecule has 1 atom stereocenters. The van der Waals surface area contributed by atoms with Crippen LogP contribution in [-0.4, -0.2) is 45.5 Å². The third-order valence-corrected chi connectivity index (χ3v) is 5.70. The Bertz CT molecular complexity index is 673. The quantitative estimate of drug-likeness (QED) is 0.790. The highest BCUT2D eigenvalue weighted by Gasteiger charge is 2.30. The lowest BCUT2D eigenvalue weighted by Gasteiger charge is -2.34. The predicted molar refractivity (Wildman–Crippen MR) is 87.5 cm³/mol. The van der Waals surface area contributed by atoms with Gasteiger partial charge in [0, 0.05) is 13.1 Å². The molecule has 1 aromatic rings. The standard InChI is InChI=1S/C16H24N2O4S/c1-4-14(16(19)22-5-2)18-10-9-13-12(11-18)7-6-8-15(13)23(20,21)17-3/h6-8,14,17H,4-5,9-11H2,1-3H3/t14-/m0/s1. The maximum atomic E-state index is 12.1. The van der Waals surface area contributed by atoms with Crippen LogP contribution < -0.4 is 4.72 Å². The van der Waals surface area contributed by atoms with E-state index in [1.165, 1.54) is 7.05 Å². The molecule has 1 aliphatic heterocycles. The molecule has 23 heavy (non-hydrogen) atoms. The Morgan fingerprint density at radius 3 is 2.74 bits per heavy atom. The van der Waals surface area contributed by atoms with Gasteiger partial charge in [0.25, 0.3) is 0 Å². The monoisotopic (exact) mass is 340 g/mol. The van der Waals surface area contributed by atoms with Crippen LogP contribution in [0.4, 0.5) is 0 Å². The Kier molecular flexibility index (Phi) is 5.78. The molecule has 1 aromatic carbocycles. The van der Waals surface area contributed by atoms with Gasteiger partial charge in [-0.05, 0) is 44.0 Å². The average molecular weight is 340 g/mol. The highest BCUT2D eigenvalue weighted by molar-refractivity contribution is 7.89. The molecule has 6 nitrogen and oxygen atoms in total. The van der Waals surface area contributed by atoms with Gasteiger partial charge in [0.1, 0.15) is 6.04 Å². The maximum Gasteiger partial charge on any atom is 0.323 e. The Labute approximate surface area is 137 Å². The summed E-state index contributed by atoms with van der Waals surface area (Å²) >= 11 is 0. The molecule has 0 unspecified atom stereocenters. The first-order chi connectivity index (χ1) is 10.9. The summed E-state index contributed by atoms with van der Waals surface area (Å²) in [5.74, 6) is -0.211. The van der Waals surface area contributed by atoms with Crippen LogP contribution in [0.1, 0.15) is 31.4 Å². The lowest BCUT2D eigenvalue weighted by atomic mass is 9.98. The first-order valence-electron chi connectivity index (χ1n) is 7.89. The minimum Gasteiger partial charge on any atom is -0.465 e. The summed E-state index contributed by atoms with van der Waals surface area (Å²) in [5.41, 5.74) is 1.80. The molecule has 1 N–H and O–H groups in total.